The fourth-order valence-electron chi connectivity index (χ4n) is 1.51. The van der Waals surface area contributed by atoms with Gasteiger partial charge in [0.05, 0.1) is 4.88 Å². The lowest BCUT2D eigenvalue weighted by atomic mass is 10.2. The maximum Gasteiger partial charge on any atom is 0.227 e. The summed E-state index contributed by atoms with van der Waals surface area (Å²) in [6, 6.07) is 1.90. The van der Waals surface area contributed by atoms with Crippen LogP contribution in [-0.2, 0) is 11.2 Å². The lowest BCUT2D eigenvalue weighted by Gasteiger charge is -2.09. The van der Waals surface area contributed by atoms with Crippen LogP contribution in [0.5, 0.6) is 0 Å². The van der Waals surface area contributed by atoms with Gasteiger partial charge < -0.3 is 15.6 Å². The minimum atomic E-state index is -0.0680. The van der Waals surface area contributed by atoms with Gasteiger partial charge in [-0.1, -0.05) is 5.16 Å². The van der Waals surface area contributed by atoms with Crippen molar-refractivity contribution in [3.8, 4) is 10.7 Å². The number of carbonyl (C=O) groups is 1. The van der Waals surface area contributed by atoms with Crippen LogP contribution >= 0.6 is 27.3 Å². The Balaban J connectivity index is 1.89. The molecule has 0 unspecified atom stereocenters. The summed E-state index contributed by atoms with van der Waals surface area (Å²) in [6.07, 6.45) is 0.725. The van der Waals surface area contributed by atoms with Crippen molar-refractivity contribution in [3.63, 3.8) is 0 Å². The third kappa shape index (κ3) is 4.12. The van der Waals surface area contributed by atoms with Crippen molar-refractivity contribution in [1.82, 2.24) is 15.5 Å². The van der Waals surface area contributed by atoms with E-state index in [2.05, 4.69) is 31.4 Å². The highest BCUT2D eigenvalue weighted by atomic mass is 79.9. The summed E-state index contributed by atoms with van der Waals surface area (Å²) in [5.41, 5.74) is 5.44. The summed E-state index contributed by atoms with van der Waals surface area (Å²) in [5.74, 6) is 0.938. The van der Waals surface area contributed by atoms with E-state index >= 15 is 0 Å². The molecule has 20 heavy (non-hydrogen) atoms. The van der Waals surface area contributed by atoms with Gasteiger partial charge in [0.25, 0.3) is 0 Å². The van der Waals surface area contributed by atoms with E-state index in [-0.39, 0.29) is 11.9 Å². The first kappa shape index (κ1) is 15.1. The van der Waals surface area contributed by atoms with Crippen molar-refractivity contribution >= 4 is 33.2 Å². The molecule has 1 amide bonds. The molecular formula is C12H15BrN4O2S. The Morgan fingerprint density at radius 2 is 2.45 bits per heavy atom. The van der Waals surface area contributed by atoms with Gasteiger partial charge in [0.2, 0.25) is 17.6 Å². The molecular weight excluding hydrogens is 344 g/mol. The summed E-state index contributed by atoms with van der Waals surface area (Å²) in [7, 11) is 0. The van der Waals surface area contributed by atoms with Gasteiger partial charge in [0.15, 0.2) is 0 Å². The molecule has 108 valence electrons. The largest absolute Gasteiger partial charge is 0.352 e. The third-order valence-electron chi connectivity index (χ3n) is 2.58. The Morgan fingerprint density at radius 3 is 3.10 bits per heavy atom. The van der Waals surface area contributed by atoms with Crippen LogP contribution in [0.2, 0.25) is 0 Å². The Bertz CT molecular complexity index is 584. The molecule has 1 atom stereocenters. The SMILES string of the molecule is C[C@@H](CN)NC(=O)CCc1nc(-c2cc(Br)cs2)no1. The highest BCUT2D eigenvalue weighted by Crippen LogP contribution is 2.27. The number of thiophene rings is 1. The Kier molecular flexibility index (Phi) is 5.27. The van der Waals surface area contributed by atoms with E-state index in [9.17, 15) is 4.79 Å². The molecule has 3 N–H and O–H groups in total. The number of carbonyl (C=O) groups excluding carboxylic acids is 1. The van der Waals surface area contributed by atoms with Crippen molar-refractivity contribution in [2.24, 2.45) is 5.73 Å². The maximum absolute atomic E-state index is 11.6. The van der Waals surface area contributed by atoms with Gasteiger partial charge in [0.1, 0.15) is 0 Å². The highest BCUT2D eigenvalue weighted by Gasteiger charge is 2.12. The number of hydrogen-bond donors (Lipinski definition) is 2. The zero-order chi connectivity index (χ0) is 14.5. The lowest BCUT2D eigenvalue weighted by Crippen LogP contribution is -2.37. The van der Waals surface area contributed by atoms with E-state index in [0.29, 0.717) is 31.1 Å². The van der Waals surface area contributed by atoms with Crippen molar-refractivity contribution in [3.05, 3.63) is 21.8 Å². The number of rotatable bonds is 6. The Hall–Kier alpha value is -1.25. The number of nitrogens with two attached hydrogens (primary N) is 1. The molecule has 0 aliphatic carbocycles. The predicted octanol–water partition coefficient (Wildman–Crippen LogP) is 1.96. The van der Waals surface area contributed by atoms with E-state index in [0.717, 1.165) is 9.35 Å². The van der Waals surface area contributed by atoms with Gasteiger partial charge in [-0.2, -0.15) is 4.98 Å². The van der Waals surface area contributed by atoms with Crippen LogP contribution in [0.25, 0.3) is 10.7 Å². The molecule has 0 bridgehead atoms. The van der Waals surface area contributed by atoms with E-state index in [1.165, 1.54) is 11.3 Å². The van der Waals surface area contributed by atoms with Crippen molar-refractivity contribution in [1.29, 1.82) is 0 Å². The second-order valence-corrected chi connectivity index (χ2v) is 6.17. The molecule has 0 aliphatic heterocycles. The molecule has 0 aromatic carbocycles. The van der Waals surface area contributed by atoms with Gasteiger partial charge in [-0.15, -0.1) is 11.3 Å². The average molecular weight is 359 g/mol. The van der Waals surface area contributed by atoms with E-state index in [4.69, 9.17) is 10.3 Å². The molecule has 0 saturated carbocycles. The van der Waals surface area contributed by atoms with Gasteiger partial charge in [-0.25, -0.2) is 0 Å². The summed E-state index contributed by atoms with van der Waals surface area (Å²) in [4.78, 5) is 16.8. The molecule has 2 heterocycles. The van der Waals surface area contributed by atoms with E-state index < -0.39 is 0 Å². The number of aryl methyl sites for hydroxylation is 1. The Labute approximate surface area is 128 Å². The second-order valence-electron chi connectivity index (χ2n) is 4.35. The lowest BCUT2D eigenvalue weighted by molar-refractivity contribution is -0.121. The van der Waals surface area contributed by atoms with Gasteiger partial charge in [-0.3, -0.25) is 4.79 Å². The molecule has 0 fully saturated rings. The second kappa shape index (κ2) is 6.96. The molecule has 0 radical (unpaired) electrons. The minimum Gasteiger partial charge on any atom is -0.352 e. The van der Waals surface area contributed by atoms with E-state index in [1.54, 1.807) is 0 Å². The third-order valence-corrected chi connectivity index (χ3v) is 4.27. The summed E-state index contributed by atoms with van der Waals surface area (Å²) in [5, 5.41) is 8.64. The predicted molar refractivity (Wildman–Crippen MR) is 80.3 cm³/mol. The van der Waals surface area contributed by atoms with Crippen LogP contribution in [0.1, 0.15) is 19.2 Å². The zero-order valence-corrected chi connectivity index (χ0v) is 13.3. The highest BCUT2D eigenvalue weighted by molar-refractivity contribution is 9.10. The van der Waals surface area contributed by atoms with Crippen molar-refractivity contribution < 1.29 is 9.32 Å². The maximum atomic E-state index is 11.6. The first-order chi connectivity index (χ1) is 9.58. The quantitative estimate of drug-likeness (QED) is 0.822. The minimum absolute atomic E-state index is 0.0239. The van der Waals surface area contributed by atoms with Crippen LogP contribution in [-0.4, -0.2) is 28.6 Å². The van der Waals surface area contributed by atoms with Crippen LogP contribution < -0.4 is 11.1 Å². The molecule has 0 saturated heterocycles. The van der Waals surface area contributed by atoms with Gasteiger partial charge in [0, 0.05) is 35.3 Å². The monoisotopic (exact) mass is 358 g/mol. The van der Waals surface area contributed by atoms with Crippen molar-refractivity contribution in [2.75, 3.05) is 6.54 Å². The van der Waals surface area contributed by atoms with Crippen molar-refractivity contribution in [2.45, 2.75) is 25.8 Å². The number of amides is 1. The average Bonchev–Trinajstić information content (AvgIpc) is 3.04. The summed E-state index contributed by atoms with van der Waals surface area (Å²) in [6.45, 7) is 2.28. The molecule has 6 nitrogen and oxygen atoms in total. The molecule has 2 aromatic rings. The fraction of sp³-hybridized carbons (Fsp3) is 0.417. The topological polar surface area (TPSA) is 94.0 Å². The summed E-state index contributed by atoms with van der Waals surface area (Å²) >= 11 is 4.90. The summed E-state index contributed by atoms with van der Waals surface area (Å²) < 4.78 is 6.12. The standard InChI is InChI=1S/C12H15BrN4O2S/c1-7(5-14)15-10(18)2-3-11-16-12(17-19-11)9-4-8(13)6-20-9/h4,6-7H,2-3,5,14H2,1H3,(H,15,18)/t7-/m0/s1. The molecule has 2 aromatic heterocycles. The first-order valence-electron chi connectivity index (χ1n) is 6.15. The molecule has 8 heteroatoms. The molecule has 2 rings (SSSR count). The number of aromatic nitrogens is 2. The van der Waals surface area contributed by atoms with Crippen LogP contribution in [0.3, 0.4) is 0 Å². The smallest absolute Gasteiger partial charge is 0.227 e. The number of nitrogens with zero attached hydrogens (tertiary/aromatic N) is 2. The van der Waals surface area contributed by atoms with Gasteiger partial charge >= 0.3 is 0 Å². The van der Waals surface area contributed by atoms with Crippen LogP contribution in [0, 0.1) is 0 Å². The Morgan fingerprint density at radius 1 is 1.65 bits per heavy atom. The first-order valence-corrected chi connectivity index (χ1v) is 7.82. The number of halogens is 1. The van der Waals surface area contributed by atoms with Gasteiger partial charge in [-0.05, 0) is 28.9 Å². The van der Waals surface area contributed by atoms with Crippen LogP contribution in [0.4, 0.5) is 0 Å². The normalized spacial score (nSPS) is 12.3. The zero-order valence-electron chi connectivity index (χ0n) is 10.9. The number of nitrogens with one attached hydrogen (secondary N) is 1. The van der Waals surface area contributed by atoms with E-state index in [1.807, 2.05) is 18.4 Å². The number of hydrogen-bond acceptors (Lipinski definition) is 6. The molecule has 0 spiro atoms. The van der Waals surface area contributed by atoms with Crippen LogP contribution in [0.15, 0.2) is 20.4 Å². The molecule has 0 aliphatic rings. The fourth-order valence-corrected chi connectivity index (χ4v) is 2.86.